The molecule has 3 N–H and O–H groups in total. The SMILES string of the molecule is CC[C@H]1C[C@H]2CC(CC(C)[C@@H]3C[C@@H]4CC(CC[C@@H]5C[C@H]6CC[C@@H](C5)N6)[C@H](C3)N4)[C@@H](C1)N2. The predicted octanol–water partition coefficient (Wildman–Crippen LogP) is 5.25. The summed E-state index contributed by atoms with van der Waals surface area (Å²) in [6, 6.07) is 5.11. The molecule has 0 aromatic heterocycles. The Morgan fingerprint density at radius 1 is 0.645 bits per heavy atom. The van der Waals surface area contributed by atoms with Crippen LogP contribution in [0.2, 0.25) is 0 Å². The molecule has 3 unspecified atom stereocenters. The number of hydrogen-bond acceptors (Lipinski definition) is 3. The van der Waals surface area contributed by atoms with Crippen molar-refractivity contribution in [1.29, 1.82) is 0 Å². The average Bonchev–Trinajstić information content (AvgIpc) is 3.37. The monoisotopic (exact) mass is 427 g/mol. The highest BCUT2D eigenvalue weighted by Gasteiger charge is 2.44. The normalized spacial score (nSPS) is 51.9. The Balaban J connectivity index is 0.990. The van der Waals surface area contributed by atoms with E-state index in [4.69, 9.17) is 0 Å². The Hall–Kier alpha value is -0.120. The van der Waals surface area contributed by atoms with Gasteiger partial charge in [-0.25, -0.2) is 0 Å². The molecular weight excluding hydrogens is 378 g/mol. The maximum Gasteiger partial charge on any atom is 0.0101 e. The van der Waals surface area contributed by atoms with Gasteiger partial charge in [0, 0.05) is 36.3 Å². The lowest BCUT2D eigenvalue weighted by Gasteiger charge is -2.36. The van der Waals surface area contributed by atoms with Gasteiger partial charge >= 0.3 is 0 Å². The lowest BCUT2D eigenvalue weighted by atomic mass is 9.76. The molecule has 0 aliphatic carbocycles. The van der Waals surface area contributed by atoms with Gasteiger partial charge in [0.1, 0.15) is 0 Å². The second kappa shape index (κ2) is 8.91. The minimum atomic E-state index is 0.839. The van der Waals surface area contributed by atoms with Crippen molar-refractivity contribution in [2.45, 2.75) is 140 Å². The van der Waals surface area contributed by atoms with Crippen LogP contribution in [0.15, 0.2) is 0 Å². The zero-order valence-corrected chi connectivity index (χ0v) is 20.3. The van der Waals surface area contributed by atoms with E-state index in [1.54, 1.807) is 0 Å². The zero-order chi connectivity index (χ0) is 20.9. The molecule has 176 valence electrons. The fraction of sp³-hybridized carbons (Fsp3) is 1.00. The van der Waals surface area contributed by atoms with Crippen molar-refractivity contribution in [1.82, 2.24) is 16.0 Å². The summed E-state index contributed by atoms with van der Waals surface area (Å²) in [5, 5.41) is 11.9. The third kappa shape index (κ3) is 4.50. The fourth-order valence-electron chi connectivity index (χ4n) is 9.48. The first-order valence-electron chi connectivity index (χ1n) is 14.4. The van der Waals surface area contributed by atoms with Gasteiger partial charge in [-0.15, -0.1) is 0 Å². The van der Waals surface area contributed by atoms with E-state index in [2.05, 4.69) is 29.8 Å². The van der Waals surface area contributed by atoms with Crippen LogP contribution in [-0.4, -0.2) is 36.3 Å². The summed E-state index contributed by atoms with van der Waals surface area (Å²) >= 11 is 0. The average molecular weight is 428 g/mol. The van der Waals surface area contributed by atoms with Gasteiger partial charge in [0.25, 0.3) is 0 Å². The highest BCUT2D eigenvalue weighted by Crippen LogP contribution is 2.45. The number of rotatable bonds is 7. The molecule has 0 amide bonds. The fourth-order valence-corrected chi connectivity index (χ4v) is 9.48. The maximum atomic E-state index is 4.06. The Morgan fingerprint density at radius 2 is 1.32 bits per heavy atom. The minimum Gasteiger partial charge on any atom is -0.311 e. The van der Waals surface area contributed by atoms with Gasteiger partial charge in [-0.3, -0.25) is 0 Å². The topological polar surface area (TPSA) is 36.1 Å². The van der Waals surface area contributed by atoms with Crippen LogP contribution in [0.5, 0.6) is 0 Å². The summed E-state index contributed by atoms with van der Waals surface area (Å²) in [6.45, 7) is 5.03. The summed E-state index contributed by atoms with van der Waals surface area (Å²) in [5.74, 6) is 5.88. The van der Waals surface area contributed by atoms with E-state index in [0.717, 1.165) is 71.8 Å². The Kier molecular flexibility index (Phi) is 6.16. The van der Waals surface area contributed by atoms with Crippen LogP contribution in [0.1, 0.15) is 104 Å². The highest BCUT2D eigenvalue weighted by molar-refractivity contribution is 5.01. The highest BCUT2D eigenvalue weighted by atomic mass is 15.0. The van der Waals surface area contributed by atoms with E-state index in [9.17, 15) is 0 Å². The summed E-state index contributed by atoms with van der Waals surface area (Å²) in [5.41, 5.74) is 0. The van der Waals surface area contributed by atoms with Crippen molar-refractivity contribution < 1.29 is 0 Å². The van der Waals surface area contributed by atoms with E-state index < -0.39 is 0 Å². The molecule has 0 radical (unpaired) electrons. The minimum absolute atomic E-state index is 0.839. The van der Waals surface area contributed by atoms with Crippen LogP contribution >= 0.6 is 0 Å². The molecule has 0 aromatic rings. The zero-order valence-electron chi connectivity index (χ0n) is 20.3. The van der Waals surface area contributed by atoms with Gasteiger partial charge in [0.05, 0.1) is 0 Å². The first-order chi connectivity index (χ1) is 15.1. The van der Waals surface area contributed by atoms with Crippen molar-refractivity contribution in [2.75, 3.05) is 0 Å². The molecular formula is C28H49N3. The van der Waals surface area contributed by atoms with Gasteiger partial charge in [0.15, 0.2) is 0 Å². The maximum absolute atomic E-state index is 4.06. The molecule has 6 aliphatic heterocycles. The summed E-state index contributed by atoms with van der Waals surface area (Å²) in [7, 11) is 0. The van der Waals surface area contributed by atoms with Crippen LogP contribution in [0.3, 0.4) is 0 Å². The van der Waals surface area contributed by atoms with Gasteiger partial charge in [-0.2, -0.15) is 0 Å². The third-order valence-electron chi connectivity index (χ3n) is 11.1. The van der Waals surface area contributed by atoms with E-state index in [1.807, 2.05) is 0 Å². The molecule has 6 heterocycles. The molecule has 0 aromatic carbocycles. The Morgan fingerprint density at radius 3 is 2.10 bits per heavy atom. The van der Waals surface area contributed by atoms with Crippen LogP contribution in [0.25, 0.3) is 0 Å². The lowest BCUT2D eigenvalue weighted by molar-refractivity contribution is 0.181. The predicted molar refractivity (Wildman–Crippen MR) is 129 cm³/mol. The summed E-state index contributed by atoms with van der Waals surface area (Å²) < 4.78 is 0. The number of nitrogens with one attached hydrogen (secondary N) is 3. The molecule has 6 rings (SSSR count). The van der Waals surface area contributed by atoms with E-state index in [-0.39, 0.29) is 0 Å². The molecule has 3 nitrogen and oxygen atoms in total. The van der Waals surface area contributed by atoms with Gasteiger partial charge < -0.3 is 16.0 Å². The Bertz CT molecular complexity index is 609. The van der Waals surface area contributed by atoms with Gasteiger partial charge in [-0.05, 0) is 113 Å². The van der Waals surface area contributed by atoms with Crippen molar-refractivity contribution in [3.8, 4) is 0 Å². The molecule has 6 bridgehead atoms. The summed E-state index contributed by atoms with van der Waals surface area (Å²) in [6.07, 6.45) is 20.6. The second-order valence-corrected chi connectivity index (χ2v) is 13.2. The molecule has 6 saturated heterocycles. The van der Waals surface area contributed by atoms with Crippen molar-refractivity contribution in [2.24, 2.45) is 35.5 Å². The molecule has 6 aliphatic rings. The van der Waals surface area contributed by atoms with Crippen molar-refractivity contribution in [3.05, 3.63) is 0 Å². The first-order valence-corrected chi connectivity index (χ1v) is 14.4. The molecule has 12 atom stereocenters. The first kappa shape index (κ1) is 21.4. The Labute approximate surface area is 191 Å². The van der Waals surface area contributed by atoms with Crippen LogP contribution in [-0.2, 0) is 0 Å². The molecule has 3 heteroatoms. The smallest absolute Gasteiger partial charge is 0.0101 e. The second-order valence-electron chi connectivity index (χ2n) is 13.2. The van der Waals surface area contributed by atoms with Crippen LogP contribution in [0, 0.1) is 35.5 Å². The molecule has 31 heavy (non-hydrogen) atoms. The quantitative estimate of drug-likeness (QED) is 0.519. The van der Waals surface area contributed by atoms with E-state index in [0.29, 0.717) is 0 Å². The lowest BCUT2D eigenvalue weighted by Crippen LogP contribution is -2.42. The van der Waals surface area contributed by atoms with Crippen molar-refractivity contribution >= 4 is 0 Å². The number of hydrogen-bond donors (Lipinski definition) is 3. The van der Waals surface area contributed by atoms with Crippen molar-refractivity contribution in [3.63, 3.8) is 0 Å². The van der Waals surface area contributed by atoms with Gasteiger partial charge in [-0.1, -0.05) is 26.7 Å². The van der Waals surface area contributed by atoms with E-state index in [1.165, 1.54) is 89.9 Å². The molecule has 6 fully saturated rings. The van der Waals surface area contributed by atoms with Gasteiger partial charge in [0.2, 0.25) is 0 Å². The molecule has 0 saturated carbocycles. The largest absolute Gasteiger partial charge is 0.311 e. The van der Waals surface area contributed by atoms with Crippen LogP contribution in [0.4, 0.5) is 0 Å². The standard InChI is InChI=1S/C28H49N3/c1-3-18-9-25-15-22(27(12-18)30-25)8-17(2)21-14-26-13-20(28(16-21)31-26)5-4-19-10-23-6-7-24(11-19)29-23/h17-31H,3-16H2,1-2H3/t17?,18-,19-,20?,21+,22?,23-,24+,25-,26-,27+,28-/m0/s1. The van der Waals surface area contributed by atoms with Crippen LogP contribution < -0.4 is 16.0 Å². The number of piperidine rings is 3. The number of fused-ring (bicyclic) bond motifs is 6. The third-order valence-corrected chi connectivity index (χ3v) is 11.1. The van der Waals surface area contributed by atoms with E-state index >= 15 is 0 Å². The molecule has 0 spiro atoms. The summed E-state index contributed by atoms with van der Waals surface area (Å²) in [4.78, 5) is 0.